The van der Waals surface area contributed by atoms with Crippen molar-refractivity contribution >= 4 is 23.3 Å². The van der Waals surface area contributed by atoms with Crippen LogP contribution >= 0.6 is 0 Å². The Labute approximate surface area is 252 Å². The number of fused-ring (bicyclic) bond motifs is 5. The zero-order chi connectivity index (χ0) is 28.9. The summed E-state index contributed by atoms with van der Waals surface area (Å²) in [4.78, 5) is 14.3. The van der Waals surface area contributed by atoms with Crippen molar-refractivity contribution in [1.82, 2.24) is 24.6 Å². The summed E-state index contributed by atoms with van der Waals surface area (Å²) in [7, 11) is 0. The monoisotopic (exact) mass is 578 g/mol. The number of benzene rings is 2. The molecule has 4 aliphatic rings. The molecule has 2 unspecified atom stereocenters. The molecule has 2 aromatic carbocycles. The lowest BCUT2D eigenvalue weighted by atomic mass is 9.89. The van der Waals surface area contributed by atoms with Crippen molar-refractivity contribution in [2.75, 3.05) is 42.1 Å². The quantitative estimate of drug-likeness (QED) is 0.266. The fourth-order valence-corrected chi connectivity index (χ4v) is 8.05. The van der Waals surface area contributed by atoms with Crippen LogP contribution in [0.3, 0.4) is 0 Å². The van der Waals surface area contributed by atoms with Gasteiger partial charge in [0.1, 0.15) is 5.82 Å². The number of nitrogens with zero attached hydrogens (tertiary/aromatic N) is 6. The SMILES string of the molecule is Nc1nc(Nc2ccc(N3CCN(C4CCCCC4)CC3)c(F)c2)nn1-c1cc(-c2ccccc2)c2c(n1)C1CCC2C1. The molecular weight excluding hydrogens is 539 g/mol. The first-order valence-electron chi connectivity index (χ1n) is 16.0. The molecule has 222 valence electrons. The summed E-state index contributed by atoms with van der Waals surface area (Å²) in [6.07, 6.45) is 10.2. The minimum absolute atomic E-state index is 0.241. The first-order chi connectivity index (χ1) is 21.1. The largest absolute Gasteiger partial charge is 0.368 e. The number of anilines is 4. The predicted octanol–water partition coefficient (Wildman–Crippen LogP) is 6.61. The van der Waals surface area contributed by atoms with E-state index in [1.165, 1.54) is 79.8 Å². The molecule has 4 aromatic rings. The van der Waals surface area contributed by atoms with Gasteiger partial charge in [0.25, 0.3) is 0 Å². The van der Waals surface area contributed by atoms with Gasteiger partial charge in [0.05, 0.1) is 11.4 Å². The molecule has 2 saturated carbocycles. The number of nitrogen functional groups attached to an aromatic ring is 1. The highest BCUT2D eigenvalue weighted by Crippen LogP contribution is 2.55. The number of pyridine rings is 1. The molecule has 0 amide bonds. The number of hydrogen-bond donors (Lipinski definition) is 2. The summed E-state index contributed by atoms with van der Waals surface area (Å²) in [6, 6.07) is 18.6. The summed E-state index contributed by atoms with van der Waals surface area (Å²) in [5.74, 6) is 2.03. The van der Waals surface area contributed by atoms with Crippen molar-refractivity contribution in [3.63, 3.8) is 0 Å². The number of piperazine rings is 1. The number of aromatic nitrogens is 4. The number of rotatable bonds is 6. The molecule has 3 N–H and O–H groups in total. The van der Waals surface area contributed by atoms with Crippen molar-refractivity contribution in [2.24, 2.45) is 0 Å². The maximum absolute atomic E-state index is 15.4. The molecule has 2 atom stereocenters. The van der Waals surface area contributed by atoms with Gasteiger partial charge in [0, 0.05) is 43.8 Å². The van der Waals surface area contributed by atoms with Gasteiger partial charge in [0.2, 0.25) is 11.9 Å². The molecule has 3 heterocycles. The van der Waals surface area contributed by atoms with Crippen LogP contribution in [0.15, 0.2) is 54.6 Å². The Bertz CT molecular complexity index is 1620. The molecule has 43 heavy (non-hydrogen) atoms. The Kier molecular flexibility index (Phi) is 6.77. The summed E-state index contributed by atoms with van der Waals surface area (Å²) in [5.41, 5.74) is 12.6. The molecule has 1 aliphatic heterocycles. The van der Waals surface area contributed by atoms with E-state index in [9.17, 15) is 0 Å². The minimum atomic E-state index is -0.244. The third-order valence-electron chi connectivity index (χ3n) is 10.2. The van der Waals surface area contributed by atoms with Gasteiger partial charge in [-0.2, -0.15) is 9.67 Å². The van der Waals surface area contributed by atoms with Crippen LogP contribution < -0.4 is 16.0 Å². The van der Waals surface area contributed by atoms with Crippen molar-refractivity contribution < 1.29 is 4.39 Å². The van der Waals surface area contributed by atoms with Crippen molar-refractivity contribution in [3.05, 3.63) is 71.7 Å². The molecule has 0 spiro atoms. The second-order valence-corrected chi connectivity index (χ2v) is 12.7. The van der Waals surface area contributed by atoms with Gasteiger partial charge in [-0.05, 0) is 79.0 Å². The Morgan fingerprint density at radius 1 is 0.837 bits per heavy atom. The van der Waals surface area contributed by atoms with Crippen LogP contribution in [-0.2, 0) is 0 Å². The van der Waals surface area contributed by atoms with Crippen molar-refractivity contribution in [1.29, 1.82) is 0 Å². The number of nitrogens with one attached hydrogen (secondary N) is 1. The van der Waals surface area contributed by atoms with E-state index in [-0.39, 0.29) is 11.8 Å². The van der Waals surface area contributed by atoms with Gasteiger partial charge in [-0.1, -0.05) is 49.6 Å². The summed E-state index contributed by atoms with van der Waals surface area (Å²) >= 11 is 0. The number of nitrogens with two attached hydrogens (primary N) is 1. The normalized spacial score (nSPS) is 22.2. The Balaban J connectivity index is 1.01. The second-order valence-electron chi connectivity index (χ2n) is 12.7. The minimum Gasteiger partial charge on any atom is -0.368 e. The first kappa shape index (κ1) is 26.6. The van der Waals surface area contributed by atoms with Gasteiger partial charge in [-0.25, -0.2) is 9.37 Å². The van der Waals surface area contributed by atoms with Gasteiger partial charge in [-0.3, -0.25) is 4.90 Å². The van der Waals surface area contributed by atoms with Gasteiger partial charge < -0.3 is 16.0 Å². The third kappa shape index (κ3) is 4.93. The topological polar surface area (TPSA) is 88.1 Å². The molecular formula is C34H39FN8. The zero-order valence-corrected chi connectivity index (χ0v) is 24.6. The van der Waals surface area contributed by atoms with Crippen LogP contribution in [-0.4, -0.2) is 56.9 Å². The standard InChI is InChI=1S/C34H39FN8/c35-28-20-25(13-14-29(28)42-17-15-41(16-18-42)26-9-5-2-6-10-26)37-34-39-33(36)43(40-34)30-21-27(22-7-3-1-4-8-22)31-23-11-12-24(19-23)32(31)38-30/h1,3-4,7-8,13-14,20-21,23-24,26H,2,5-6,9-12,15-19H2,(H3,36,37,39,40). The Hall–Kier alpha value is -3.98. The van der Waals surface area contributed by atoms with E-state index < -0.39 is 0 Å². The molecule has 0 radical (unpaired) electrons. The summed E-state index contributed by atoms with van der Waals surface area (Å²) in [5, 5.41) is 7.82. The van der Waals surface area contributed by atoms with Gasteiger partial charge >= 0.3 is 0 Å². The molecule has 2 bridgehead atoms. The van der Waals surface area contributed by atoms with Crippen LogP contribution in [0.1, 0.15) is 74.5 Å². The fourth-order valence-electron chi connectivity index (χ4n) is 8.05. The van der Waals surface area contributed by atoms with E-state index in [4.69, 9.17) is 10.7 Å². The lowest BCUT2D eigenvalue weighted by molar-refractivity contribution is 0.147. The molecule has 8 rings (SSSR count). The lowest BCUT2D eigenvalue weighted by Crippen LogP contribution is -2.51. The van der Waals surface area contributed by atoms with Crippen LogP contribution in [0.25, 0.3) is 16.9 Å². The van der Waals surface area contributed by atoms with E-state index in [1.807, 2.05) is 18.2 Å². The highest BCUT2D eigenvalue weighted by Gasteiger charge is 2.40. The third-order valence-corrected chi connectivity index (χ3v) is 10.2. The summed E-state index contributed by atoms with van der Waals surface area (Å²) in [6.45, 7) is 3.69. The molecule has 3 fully saturated rings. The number of halogens is 1. The smallest absolute Gasteiger partial charge is 0.248 e. The second kappa shape index (κ2) is 10.9. The number of hydrogen-bond acceptors (Lipinski definition) is 7. The first-order valence-corrected chi connectivity index (χ1v) is 16.0. The van der Waals surface area contributed by atoms with Crippen molar-refractivity contribution in [3.8, 4) is 16.9 Å². The zero-order valence-electron chi connectivity index (χ0n) is 24.6. The van der Waals surface area contributed by atoms with Crippen molar-refractivity contribution in [2.45, 2.75) is 69.2 Å². The molecule has 3 aliphatic carbocycles. The van der Waals surface area contributed by atoms with E-state index >= 15 is 4.39 Å². The van der Waals surface area contributed by atoms with Crippen LogP contribution in [0.4, 0.5) is 27.7 Å². The highest BCUT2D eigenvalue weighted by atomic mass is 19.1. The molecule has 2 aromatic heterocycles. The summed E-state index contributed by atoms with van der Waals surface area (Å²) < 4.78 is 17.0. The van der Waals surface area contributed by atoms with E-state index in [2.05, 4.69) is 55.5 Å². The van der Waals surface area contributed by atoms with E-state index in [1.54, 1.807) is 4.68 Å². The van der Waals surface area contributed by atoms with E-state index in [0.717, 1.165) is 26.2 Å². The van der Waals surface area contributed by atoms with Gasteiger partial charge in [0.15, 0.2) is 5.82 Å². The predicted molar refractivity (Wildman–Crippen MR) is 169 cm³/mol. The molecule has 8 nitrogen and oxygen atoms in total. The molecule has 1 saturated heterocycles. The lowest BCUT2D eigenvalue weighted by Gasteiger charge is -2.41. The fraction of sp³-hybridized carbons (Fsp3) is 0.441. The maximum Gasteiger partial charge on any atom is 0.248 e. The maximum atomic E-state index is 15.4. The molecule has 9 heteroatoms. The van der Waals surface area contributed by atoms with E-state index in [0.29, 0.717) is 41.0 Å². The van der Waals surface area contributed by atoms with Crippen LogP contribution in [0.5, 0.6) is 0 Å². The Morgan fingerprint density at radius 3 is 2.42 bits per heavy atom. The average molecular weight is 579 g/mol. The van der Waals surface area contributed by atoms with Gasteiger partial charge in [-0.15, -0.1) is 5.10 Å². The van der Waals surface area contributed by atoms with Crippen LogP contribution in [0.2, 0.25) is 0 Å². The van der Waals surface area contributed by atoms with Crippen LogP contribution in [0, 0.1) is 5.82 Å². The average Bonchev–Trinajstić information content (AvgIpc) is 3.77. The highest BCUT2D eigenvalue weighted by molar-refractivity contribution is 5.72. The Morgan fingerprint density at radius 2 is 1.63 bits per heavy atom.